The van der Waals surface area contributed by atoms with Crippen molar-refractivity contribution < 1.29 is 24.2 Å². The first kappa shape index (κ1) is 25.5. The number of hydrogen-bond donors (Lipinski definition) is 2. The summed E-state index contributed by atoms with van der Waals surface area (Å²) in [5.74, 6) is 0.558. The zero-order chi connectivity index (χ0) is 24.3. The van der Waals surface area contributed by atoms with Gasteiger partial charge in [0.2, 0.25) is 0 Å². The van der Waals surface area contributed by atoms with E-state index in [0.29, 0.717) is 47.6 Å². The number of carbonyl (C=O) groups is 2. The SMILES string of the molecule is CCOc1cc([C@H]2C(C(=O)OCCSCC)=C(C)NC3=C2C(=O)CC(C)(C)C3)cc(Cl)c1O. The fraction of sp³-hybridized carbons (Fsp3) is 0.520. The van der Waals surface area contributed by atoms with Crippen molar-refractivity contribution in [2.24, 2.45) is 5.41 Å². The van der Waals surface area contributed by atoms with E-state index in [4.69, 9.17) is 21.1 Å². The minimum Gasteiger partial charge on any atom is -0.503 e. The summed E-state index contributed by atoms with van der Waals surface area (Å²) < 4.78 is 11.2. The fourth-order valence-corrected chi connectivity index (χ4v) is 5.19. The molecular weight excluding hydrogens is 462 g/mol. The molecular formula is C25H32ClNO5S. The molecule has 33 heavy (non-hydrogen) atoms. The summed E-state index contributed by atoms with van der Waals surface area (Å²) in [6.07, 6.45) is 1.06. The van der Waals surface area contributed by atoms with E-state index in [1.807, 2.05) is 6.92 Å². The Balaban J connectivity index is 2.12. The van der Waals surface area contributed by atoms with Crippen LogP contribution in [-0.2, 0) is 14.3 Å². The molecule has 0 saturated carbocycles. The maximum absolute atomic E-state index is 13.4. The minimum atomic E-state index is -0.659. The van der Waals surface area contributed by atoms with Crippen molar-refractivity contribution >= 4 is 35.1 Å². The number of Topliss-reactive ketones (excluding diaryl/α,β-unsaturated/α-hetero) is 1. The molecule has 0 bridgehead atoms. The first-order valence-electron chi connectivity index (χ1n) is 11.2. The number of aromatic hydroxyl groups is 1. The highest BCUT2D eigenvalue weighted by atomic mass is 35.5. The number of dihydropyridines is 1. The van der Waals surface area contributed by atoms with Crippen molar-refractivity contribution in [1.29, 1.82) is 0 Å². The zero-order valence-electron chi connectivity index (χ0n) is 19.8. The number of hydrogen-bond acceptors (Lipinski definition) is 7. The Morgan fingerprint density at radius 2 is 2.03 bits per heavy atom. The summed E-state index contributed by atoms with van der Waals surface area (Å²) >= 11 is 8.02. The molecule has 0 spiro atoms. The summed E-state index contributed by atoms with van der Waals surface area (Å²) in [5, 5.41) is 13.8. The maximum atomic E-state index is 13.4. The summed E-state index contributed by atoms with van der Waals surface area (Å²) in [5.41, 5.74) is 2.83. The van der Waals surface area contributed by atoms with Crippen LogP contribution in [0.25, 0.3) is 0 Å². The minimum absolute atomic E-state index is 0.0137. The molecule has 1 aliphatic carbocycles. The predicted octanol–water partition coefficient (Wildman–Crippen LogP) is 5.34. The molecule has 0 unspecified atom stereocenters. The topological polar surface area (TPSA) is 84.9 Å². The third kappa shape index (κ3) is 5.52. The van der Waals surface area contributed by atoms with Crippen LogP contribution in [0.1, 0.15) is 58.9 Å². The Labute approximate surface area is 204 Å². The largest absolute Gasteiger partial charge is 0.503 e. The Morgan fingerprint density at radius 1 is 1.30 bits per heavy atom. The molecule has 1 atom stereocenters. The van der Waals surface area contributed by atoms with Gasteiger partial charge in [-0.2, -0.15) is 11.8 Å². The first-order valence-corrected chi connectivity index (χ1v) is 12.8. The molecule has 1 aliphatic heterocycles. The van der Waals surface area contributed by atoms with E-state index < -0.39 is 11.9 Å². The number of phenols is 1. The Morgan fingerprint density at radius 3 is 2.70 bits per heavy atom. The van der Waals surface area contributed by atoms with E-state index in [2.05, 4.69) is 26.1 Å². The van der Waals surface area contributed by atoms with Crippen LogP contribution < -0.4 is 10.1 Å². The first-order chi connectivity index (χ1) is 15.6. The molecule has 3 rings (SSSR count). The molecule has 8 heteroatoms. The van der Waals surface area contributed by atoms with Crippen LogP contribution in [0.3, 0.4) is 0 Å². The second-order valence-electron chi connectivity index (χ2n) is 9.05. The maximum Gasteiger partial charge on any atom is 0.336 e. The highest BCUT2D eigenvalue weighted by Gasteiger charge is 2.43. The van der Waals surface area contributed by atoms with Crippen LogP contribution in [0.2, 0.25) is 5.02 Å². The average Bonchev–Trinajstić information content (AvgIpc) is 2.72. The molecule has 0 saturated heterocycles. The van der Waals surface area contributed by atoms with E-state index in [0.717, 1.165) is 11.4 Å². The molecule has 1 aromatic carbocycles. The van der Waals surface area contributed by atoms with Gasteiger partial charge in [-0.25, -0.2) is 4.79 Å². The highest BCUT2D eigenvalue weighted by Crippen LogP contribution is 2.49. The fourth-order valence-electron chi connectivity index (χ4n) is 4.48. The van der Waals surface area contributed by atoms with Crippen LogP contribution in [0, 0.1) is 5.41 Å². The van der Waals surface area contributed by atoms with Crippen LogP contribution >= 0.6 is 23.4 Å². The van der Waals surface area contributed by atoms with Gasteiger partial charge >= 0.3 is 5.97 Å². The average molecular weight is 494 g/mol. The smallest absolute Gasteiger partial charge is 0.336 e. The lowest BCUT2D eigenvalue weighted by Gasteiger charge is -2.39. The predicted molar refractivity (Wildman–Crippen MR) is 132 cm³/mol. The summed E-state index contributed by atoms with van der Waals surface area (Å²) in [4.78, 5) is 26.6. The molecule has 0 aromatic heterocycles. The van der Waals surface area contributed by atoms with E-state index in [-0.39, 0.29) is 34.3 Å². The van der Waals surface area contributed by atoms with Crippen LogP contribution in [0.5, 0.6) is 11.5 Å². The quantitative estimate of drug-likeness (QED) is 0.373. The number of ether oxygens (including phenoxy) is 2. The van der Waals surface area contributed by atoms with Gasteiger partial charge in [0.1, 0.15) is 6.61 Å². The van der Waals surface area contributed by atoms with Crippen molar-refractivity contribution in [3.8, 4) is 11.5 Å². The lowest BCUT2D eigenvalue weighted by molar-refractivity contribution is -0.138. The number of rotatable bonds is 8. The van der Waals surface area contributed by atoms with Gasteiger partial charge in [-0.15, -0.1) is 0 Å². The van der Waals surface area contributed by atoms with Gasteiger partial charge in [-0.3, -0.25) is 4.79 Å². The lowest BCUT2D eigenvalue weighted by atomic mass is 9.68. The molecule has 0 radical (unpaired) electrons. The molecule has 1 aromatic rings. The number of ketones is 1. The number of carbonyl (C=O) groups excluding carboxylic acids is 2. The second-order valence-corrected chi connectivity index (χ2v) is 10.8. The number of esters is 1. The third-order valence-electron chi connectivity index (χ3n) is 5.81. The van der Waals surface area contributed by atoms with Crippen LogP contribution in [0.15, 0.2) is 34.7 Å². The van der Waals surface area contributed by atoms with Crippen molar-refractivity contribution in [2.75, 3.05) is 24.7 Å². The van der Waals surface area contributed by atoms with Gasteiger partial charge in [0.15, 0.2) is 17.3 Å². The van der Waals surface area contributed by atoms with Crippen molar-refractivity contribution in [3.05, 3.63) is 45.3 Å². The molecule has 1 heterocycles. The number of thioether (sulfide) groups is 1. The standard InChI is InChI=1S/C25H32ClNO5S/c1-6-31-19-11-15(10-16(26)23(19)29)21-20(24(30)32-8-9-33-7-2)14(3)27-17-12-25(4,5)13-18(28)22(17)21/h10-11,21,27,29H,6-9,12-13H2,1-5H3/t21-/m0/s1. The molecule has 2 aliphatic rings. The van der Waals surface area contributed by atoms with E-state index in [9.17, 15) is 14.7 Å². The number of allylic oxidation sites excluding steroid dienone is 3. The van der Waals surface area contributed by atoms with Crippen LogP contribution in [0.4, 0.5) is 0 Å². The van der Waals surface area contributed by atoms with Gasteiger partial charge in [0, 0.05) is 35.1 Å². The van der Waals surface area contributed by atoms with Gasteiger partial charge in [-0.1, -0.05) is 32.4 Å². The Hall–Kier alpha value is -2.12. The third-order valence-corrected chi connectivity index (χ3v) is 6.96. The Kier molecular flexibility index (Phi) is 8.06. The number of nitrogens with one attached hydrogen (secondary N) is 1. The van der Waals surface area contributed by atoms with E-state index in [1.54, 1.807) is 30.8 Å². The number of benzene rings is 1. The van der Waals surface area contributed by atoms with Crippen molar-refractivity contribution in [1.82, 2.24) is 5.32 Å². The molecule has 180 valence electrons. The molecule has 0 amide bonds. The van der Waals surface area contributed by atoms with Crippen LogP contribution in [-0.4, -0.2) is 41.6 Å². The lowest BCUT2D eigenvalue weighted by Crippen LogP contribution is -2.38. The summed E-state index contributed by atoms with van der Waals surface area (Å²) in [7, 11) is 0. The second kappa shape index (κ2) is 10.4. The zero-order valence-corrected chi connectivity index (χ0v) is 21.4. The van der Waals surface area contributed by atoms with Crippen molar-refractivity contribution in [3.63, 3.8) is 0 Å². The highest BCUT2D eigenvalue weighted by molar-refractivity contribution is 7.99. The van der Waals surface area contributed by atoms with Gasteiger partial charge in [-0.05, 0) is 49.1 Å². The number of phenolic OH excluding ortho intramolecular Hbond substituents is 1. The normalized spacial score (nSPS) is 19.8. The summed E-state index contributed by atoms with van der Waals surface area (Å²) in [6, 6.07) is 3.26. The number of halogens is 1. The van der Waals surface area contributed by atoms with Gasteiger partial charge < -0.3 is 19.9 Å². The monoisotopic (exact) mass is 493 g/mol. The van der Waals surface area contributed by atoms with Crippen molar-refractivity contribution in [2.45, 2.75) is 53.4 Å². The van der Waals surface area contributed by atoms with Gasteiger partial charge in [0.05, 0.1) is 17.2 Å². The van der Waals surface area contributed by atoms with E-state index in [1.165, 1.54) is 0 Å². The molecule has 2 N–H and O–H groups in total. The molecule has 6 nitrogen and oxygen atoms in total. The molecule has 0 fully saturated rings. The summed E-state index contributed by atoms with van der Waals surface area (Å²) in [6.45, 7) is 10.4. The van der Waals surface area contributed by atoms with Gasteiger partial charge in [0.25, 0.3) is 0 Å². The van der Waals surface area contributed by atoms with E-state index >= 15 is 0 Å². The Bertz CT molecular complexity index is 1010.